The molecule has 23 heavy (non-hydrogen) atoms. The van der Waals surface area contributed by atoms with Gasteiger partial charge in [-0.15, -0.1) is 0 Å². The summed E-state index contributed by atoms with van der Waals surface area (Å²) in [6.45, 7) is 5.27. The minimum Gasteiger partial charge on any atom is -0.378 e. The molecule has 1 N–H and O–H groups in total. The number of morpholine rings is 1. The van der Waals surface area contributed by atoms with Crippen LogP contribution in [-0.2, 0) is 11.3 Å². The van der Waals surface area contributed by atoms with Crippen LogP contribution in [0, 0.1) is 6.92 Å². The lowest BCUT2D eigenvalue weighted by Crippen LogP contribution is -2.37. The Morgan fingerprint density at radius 2 is 2.04 bits per heavy atom. The molecular formula is C17H20N4O2. The minimum absolute atomic E-state index is 0.0883. The molecule has 1 aliphatic heterocycles. The summed E-state index contributed by atoms with van der Waals surface area (Å²) in [6, 6.07) is 9.36. The Morgan fingerprint density at radius 3 is 2.83 bits per heavy atom. The number of nitrogens with zero attached hydrogens (tertiary/aromatic N) is 3. The highest BCUT2D eigenvalue weighted by Crippen LogP contribution is 2.10. The lowest BCUT2D eigenvalue weighted by molar-refractivity contribution is 0.0950. The van der Waals surface area contributed by atoms with Gasteiger partial charge in [0.1, 0.15) is 0 Å². The number of hydrogen-bond acceptors (Lipinski definition) is 5. The van der Waals surface area contributed by atoms with Crippen molar-refractivity contribution in [1.82, 2.24) is 15.3 Å². The lowest BCUT2D eigenvalue weighted by Gasteiger charge is -2.26. The van der Waals surface area contributed by atoms with Crippen LogP contribution in [0.1, 0.15) is 21.6 Å². The third kappa shape index (κ3) is 3.84. The van der Waals surface area contributed by atoms with Crippen LogP contribution in [0.4, 0.5) is 5.95 Å². The second-order valence-corrected chi connectivity index (χ2v) is 5.44. The summed E-state index contributed by atoms with van der Waals surface area (Å²) >= 11 is 0. The van der Waals surface area contributed by atoms with Gasteiger partial charge in [0.15, 0.2) is 0 Å². The fourth-order valence-corrected chi connectivity index (χ4v) is 2.49. The third-order valence-electron chi connectivity index (χ3n) is 3.81. The quantitative estimate of drug-likeness (QED) is 0.928. The number of carbonyl (C=O) groups excluding carboxylic acids is 1. The minimum atomic E-state index is -0.0883. The number of ether oxygens (including phenoxy) is 1. The van der Waals surface area contributed by atoms with Gasteiger partial charge in [0.05, 0.1) is 25.5 Å². The summed E-state index contributed by atoms with van der Waals surface area (Å²) in [6.07, 6.45) is 1.73. The molecule has 6 nitrogen and oxygen atoms in total. The second-order valence-electron chi connectivity index (χ2n) is 5.44. The van der Waals surface area contributed by atoms with Crippen LogP contribution >= 0.6 is 0 Å². The molecule has 1 aromatic heterocycles. The molecule has 0 atom stereocenters. The van der Waals surface area contributed by atoms with E-state index in [1.807, 2.05) is 37.3 Å². The molecular weight excluding hydrogens is 292 g/mol. The van der Waals surface area contributed by atoms with Crippen LogP contribution in [0.3, 0.4) is 0 Å². The number of carbonyl (C=O) groups is 1. The van der Waals surface area contributed by atoms with E-state index in [1.165, 1.54) is 0 Å². The average molecular weight is 312 g/mol. The number of aromatic nitrogens is 2. The Morgan fingerprint density at radius 1 is 1.26 bits per heavy atom. The van der Waals surface area contributed by atoms with Crippen molar-refractivity contribution in [2.45, 2.75) is 13.5 Å². The highest BCUT2D eigenvalue weighted by Gasteiger charge is 2.14. The van der Waals surface area contributed by atoms with Crippen molar-refractivity contribution in [2.24, 2.45) is 0 Å². The molecule has 6 heteroatoms. The molecule has 3 rings (SSSR count). The molecule has 1 aromatic carbocycles. The molecule has 1 aliphatic rings. The van der Waals surface area contributed by atoms with Gasteiger partial charge in [-0.05, 0) is 24.6 Å². The molecule has 120 valence electrons. The van der Waals surface area contributed by atoms with E-state index in [4.69, 9.17) is 4.74 Å². The van der Waals surface area contributed by atoms with Crippen molar-refractivity contribution in [3.05, 3.63) is 53.3 Å². The first-order chi connectivity index (χ1) is 11.2. The summed E-state index contributed by atoms with van der Waals surface area (Å²) in [4.78, 5) is 23.2. The van der Waals surface area contributed by atoms with Crippen molar-refractivity contribution in [1.29, 1.82) is 0 Å². The first-order valence-electron chi connectivity index (χ1n) is 7.72. The van der Waals surface area contributed by atoms with E-state index in [2.05, 4.69) is 20.2 Å². The Bertz CT molecular complexity index is 684. The van der Waals surface area contributed by atoms with Crippen molar-refractivity contribution < 1.29 is 9.53 Å². The first-order valence-corrected chi connectivity index (χ1v) is 7.72. The van der Waals surface area contributed by atoms with Crippen LogP contribution in [0.2, 0.25) is 0 Å². The van der Waals surface area contributed by atoms with Crippen LogP contribution in [0.5, 0.6) is 0 Å². The maximum absolute atomic E-state index is 12.2. The Labute approximate surface area is 135 Å². The number of nitrogens with one attached hydrogen (secondary N) is 1. The van der Waals surface area contributed by atoms with Crippen molar-refractivity contribution >= 4 is 11.9 Å². The predicted octanol–water partition coefficient (Wildman–Crippen LogP) is 1.55. The number of rotatable bonds is 4. The van der Waals surface area contributed by atoms with Gasteiger partial charge in [0.25, 0.3) is 5.91 Å². The summed E-state index contributed by atoms with van der Waals surface area (Å²) < 4.78 is 5.34. The fourth-order valence-electron chi connectivity index (χ4n) is 2.49. The average Bonchev–Trinajstić information content (AvgIpc) is 2.61. The lowest BCUT2D eigenvalue weighted by atomic mass is 10.1. The van der Waals surface area contributed by atoms with Crippen molar-refractivity contribution in [3.63, 3.8) is 0 Å². The van der Waals surface area contributed by atoms with E-state index in [0.717, 1.165) is 24.3 Å². The van der Waals surface area contributed by atoms with Gasteiger partial charge >= 0.3 is 0 Å². The van der Waals surface area contributed by atoms with Crippen molar-refractivity contribution in [3.8, 4) is 0 Å². The van der Waals surface area contributed by atoms with E-state index >= 15 is 0 Å². The Kier molecular flexibility index (Phi) is 4.83. The smallest absolute Gasteiger partial charge is 0.251 e. The zero-order valence-electron chi connectivity index (χ0n) is 13.2. The van der Waals surface area contributed by atoms with Crippen molar-refractivity contribution in [2.75, 3.05) is 31.2 Å². The molecule has 0 saturated carbocycles. The summed E-state index contributed by atoms with van der Waals surface area (Å²) in [5.41, 5.74) is 2.44. The molecule has 0 bridgehead atoms. The van der Waals surface area contributed by atoms with Gasteiger partial charge in [0.2, 0.25) is 5.95 Å². The summed E-state index contributed by atoms with van der Waals surface area (Å²) in [5, 5.41) is 2.91. The Balaban J connectivity index is 1.64. The fraction of sp³-hybridized carbons (Fsp3) is 0.353. The number of aryl methyl sites for hydroxylation is 1. The molecule has 2 heterocycles. The highest BCUT2D eigenvalue weighted by atomic mass is 16.5. The van der Waals surface area contributed by atoms with Gasteiger partial charge in [-0.2, -0.15) is 0 Å². The van der Waals surface area contributed by atoms with Crippen LogP contribution < -0.4 is 10.2 Å². The van der Waals surface area contributed by atoms with E-state index in [9.17, 15) is 4.79 Å². The van der Waals surface area contributed by atoms with E-state index in [1.54, 1.807) is 6.20 Å². The number of anilines is 1. The maximum Gasteiger partial charge on any atom is 0.251 e. The van der Waals surface area contributed by atoms with Gasteiger partial charge in [0, 0.05) is 24.8 Å². The Hall–Kier alpha value is -2.47. The standard InChI is InChI=1S/C17H20N4O2/c1-13-4-2-3-5-15(13)16(22)19-12-14-6-7-18-17(20-14)21-8-10-23-11-9-21/h2-7H,8-12H2,1H3,(H,19,22). The third-order valence-corrected chi connectivity index (χ3v) is 3.81. The number of benzene rings is 1. The largest absolute Gasteiger partial charge is 0.378 e. The normalized spacial score (nSPS) is 14.6. The highest BCUT2D eigenvalue weighted by molar-refractivity contribution is 5.95. The molecule has 0 radical (unpaired) electrons. The summed E-state index contributed by atoms with van der Waals surface area (Å²) in [7, 11) is 0. The molecule has 0 unspecified atom stereocenters. The van der Waals surface area contributed by atoms with Crippen LogP contribution in [-0.4, -0.2) is 42.2 Å². The van der Waals surface area contributed by atoms with E-state index in [0.29, 0.717) is 31.3 Å². The monoisotopic (exact) mass is 312 g/mol. The van der Waals surface area contributed by atoms with Crippen LogP contribution in [0.25, 0.3) is 0 Å². The van der Waals surface area contributed by atoms with Gasteiger partial charge in [-0.1, -0.05) is 18.2 Å². The second kappa shape index (κ2) is 7.19. The first kappa shape index (κ1) is 15.4. The molecule has 1 amide bonds. The predicted molar refractivity (Wildman–Crippen MR) is 87.4 cm³/mol. The SMILES string of the molecule is Cc1ccccc1C(=O)NCc1ccnc(N2CCOCC2)n1. The molecule has 1 fully saturated rings. The zero-order valence-corrected chi connectivity index (χ0v) is 13.2. The zero-order chi connectivity index (χ0) is 16.1. The molecule has 1 saturated heterocycles. The summed E-state index contributed by atoms with van der Waals surface area (Å²) in [5.74, 6) is 0.602. The van der Waals surface area contributed by atoms with Gasteiger partial charge < -0.3 is 15.0 Å². The maximum atomic E-state index is 12.2. The van der Waals surface area contributed by atoms with E-state index in [-0.39, 0.29) is 5.91 Å². The number of hydrogen-bond donors (Lipinski definition) is 1. The van der Waals surface area contributed by atoms with E-state index < -0.39 is 0 Å². The van der Waals surface area contributed by atoms with Crippen LogP contribution in [0.15, 0.2) is 36.5 Å². The molecule has 0 aliphatic carbocycles. The molecule has 0 spiro atoms. The van der Waals surface area contributed by atoms with Gasteiger partial charge in [-0.3, -0.25) is 4.79 Å². The topological polar surface area (TPSA) is 67.4 Å². The molecule has 2 aromatic rings. The number of amides is 1. The van der Waals surface area contributed by atoms with Gasteiger partial charge in [-0.25, -0.2) is 9.97 Å².